The number of anilines is 1. The highest BCUT2D eigenvalue weighted by Gasteiger charge is 2.16. The Morgan fingerprint density at radius 3 is 2.50 bits per heavy atom. The van der Waals surface area contributed by atoms with Crippen LogP contribution in [-0.4, -0.2) is 19.6 Å². The molecule has 0 aliphatic carbocycles. The third kappa shape index (κ3) is 4.91. The van der Waals surface area contributed by atoms with Gasteiger partial charge in [0.15, 0.2) is 11.5 Å². The fourth-order valence-electron chi connectivity index (χ4n) is 2.57. The third-order valence-electron chi connectivity index (χ3n) is 4.11. The molecule has 0 bridgehead atoms. The van der Waals surface area contributed by atoms with Crippen molar-refractivity contribution in [3.05, 3.63) is 53.1 Å². The van der Waals surface area contributed by atoms with E-state index in [0.29, 0.717) is 35.3 Å². The number of nitrogen functional groups attached to an aromatic ring is 1. The average molecular weight is 356 g/mol. The lowest BCUT2D eigenvalue weighted by atomic mass is 10.0. The van der Waals surface area contributed by atoms with Gasteiger partial charge in [-0.15, -0.1) is 0 Å². The molecule has 0 saturated carbocycles. The largest absolute Gasteiger partial charge is 0.493 e. The number of carbonyl (C=O) groups is 1. The second-order valence-corrected chi connectivity index (χ2v) is 6.88. The number of nitrogens with two attached hydrogens (primary N) is 1. The zero-order valence-corrected chi connectivity index (χ0v) is 16.1. The first-order valence-corrected chi connectivity index (χ1v) is 8.79. The van der Waals surface area contributed by atoms with Crippen LogP contribution in [0.1, 0.15) is 48.3 Å². The van der Waals surface area contributed by atoms with E-state index in [4.69, 9.17) is 15.2 Å². The summed E-state index contributed by atoms with van der Waals surface area (Å²) in [6.45, 7) is 8.64. The summed E-state index contributed by atoms with van der Waals surface area (Å²) in [5.41, 5.74) is 8.78. The molecule has 26 heavy (non-hydrogen) atoms. The van der Waals surface area contributed by atoms with Crippen LogP contribution >= 0.6 is 0 Å². The van der Waals surface area contributed by atoms with E-state index in [1.165, 1.54) is 0 Å². The van der Waals surface area contributed by atoms with Gasteiger partial charge in [0, 0.05) is 11.3 Å². The highest BCUT2D eigenvalue weighted by atomic mass is 16.5. The van der Waals surface area contributed by atoms with Crippen molar-refractivity contribution in [2.45, 2.75) is 33.7 Å². The molecule has 5 heteroatoms. The topological polar surface area (TPSA) is 73.6 Å². The van der Waals surface area contributed by atoms with Gasteiger partial charge in [0.05, 0.1) is 19.8 Å². The van der Waals surface area contributed by atoms with Gasteiger partial charge >= 0.3 is 0 Å². The second-order valence-electron chi connectivity index (χ2n) is 6.88. The van der Waals surface area contributed by atoms with Gasteiger partial charge in [-0.2, -0.15) is 0 Å². The maximum absolute atomic E-state index is 12.6. The number of carbonyl (C=O) groups excluding carboxylic acids is 1. The first kappa shape index (κ1) is 19.6. The van der Waals surface area contributed by atoms with Crippen LogP contribution in [0.25, 0.3) is 0 Å². The van der Waals surface area contributed by atoms with E-state index in [1.54, 1.807) is 19.2 Å². The fourth-order valence-corrected chi connectivity index (χ4v) is 2.57. The molecule has 0 aliphatic heterocycles. The predicted molar refractivity (Wildman–Crippen MR) is 105 cm³/mol. The number of rotatable bonds is 7. The van der Waals surface area contributed by atoms with E-state index in [-0.39, 0.29) is 11.9 Å². The quantitative estimate of drug-likeness (QED) is 0.732. The maximum atomic E-state index is 12.6. The van der Waals surface area contributed by atoms with E-state index < -0.39 is 0 Å². The minimum atomic E-state index is -0.184. The lowest BCUT2D eigenvalue weighted by Crippen LogP contribution is -2.27. The Labute approximate surface area is 155 Å². The van der Waals surface area contributed by atoms with Crippen molar-refractivity contribution in [1.29, 1.82) is 0 Å². The van der Waals surface area contributed by atoms with Crippen molar-refractivity contribution < 1.29 is 14.3 Å². The van der Waals surface area contributed by atoms with Crippen LogP contribution in [-0.2, 0) is 0 Å². The Bertz CT molecular complexity index is 772. The smallest absolute Gasteiger partial charge is 0.252 e. The van der Waals surface area contributed by atoms with Crippen molar-refractivity contribution >= 4 is 11.6 Å². The van der Waals surface area contributed by atoms with Crippen LogP contribution < -0.4 is 20.5 Å². The fraction of sp³-hybridized carbons (Fsp3) is 0.381. The molecule has 0 aromatic heterocycles. The summed E-state index contributed by atoms with van der Waals surface area (Å²) in [5, 5.41) is 3.01. The van der Waals surface area contributed by atoms with Crippen LogP contribution in [0.15, 0.2) is 36.4 Å². The normalized spacial score (nSPS) is 11.9. The minimum absolute atomic E-state index is 0.151. The number of ether oxygens (including phenoxy) is 2. The Morgan fingerprint density at radius 2 is 1.85 bits per heavy atom. The highest BCUT2D eigenvalue weighted by molar-refractivity contribution is 5.96. The first-order valence-electron chi connectivity index (χ1n) is 8.79. The Morgan fingerprint density at radius 1 is 1.12 bits per heavy atom. The van der Waals surface area contributed by atoms with Crippen molar-refractivity contribution in [2.75, 3.05) is 19.5 Å². The molecule has 1 atom stereocenters. The molecule has 140 valence electrons. The van der Waals surface area contributed by atoms with Gasteiger partial charge in [0.1, 0.15) is 0 Å². The summed E-state index contributed by atoms with van der Waals surface area (Å²) < 4.78 is 11.2. The van der Waals surface area contributed by atoms with Crippen LogP contribution in [0.3, 0.4) is 0 Å². The number of hydrogen-bond donors (Lipinski definition) is 2. The van der Waals surface area contributed by atoms with Crippen molar-refractivity contribution in [3.8, 4) is 11.5 Å². The lowest BCUT2D eigenvalue weighted by molar-refractivity contribution is 0.0939. The summed E-state index contributed by atoms with van der Waals surface area (Å²) in [6, 6.07) is 10.9. The maximum Gasteiger partial charge on any atom is 0.252 e. The van der Waals surface area contributed by atoms with Gasteiger partial charge in [-0.25, -0.2) is 0 Å². The van der Waals surface area contributed by atoms with Gasteiger partial charge in [-0.3, -0.25) is 4.79 Å². The van der Waals surface area contributed by atoms with E-state index in [9.17, 15) is 4.79 Å². The SMILES string of the molecule is COc1cc(C(C)NC(=O)c2cc(N)ccc2C)ccc1OCC(C)C. The van der Waals surface area contributed by atoms with E-state index in [0.717, 1.165) is 11.1 Å². The van der Waals surface area contributed by atoms with Gasteiger partial charge in [0.2, 0.25) is 0 Å². The van der Waals surface area contributed by atoms with Crippen molar-refractivity contribution in [2.24, 2.45) is 5.92 Å². The molecule has 5 nitrogen and oxygen atoms in total. The molecular formula is C21H28N2O3. The van der Waals surface area contributed by atoms with Crippen LogP contribution in [0.5, 0.6) is 11.5 Å². The average Bonchev–Trinajstić information content (AvgIpc) is 2.61. The minimum Gasteiger partial charge on any atom is -0.493 e. The van der Waals surface area contributed by atoms with Crippen molar-refractivity contribution in [1.82, 2.24) is 5.32 Å². The van der Waals surface area contributed by atoms with Gasteiger partial charge in [-0.1, -0.05) is 26.0 Å². The first-order chi connectivity index (χ1) is 12.3. The molecule has 1 amide bonds. The molecule has 2 aromatic carbocycles. The van der Waals surface area contributed by atoms with Gasteiger partial charge < -0.3 is 20.5 Å². The monoisotopic (exact) mass is 356 g/mol. The molecule has 3 N–H and O–H groups in total. The molecular weight excluding hydrogens is 328 g/mol. The van der Waals surface area contributed by atoms with Crippen molar-refractivity contribution in [3.63, 3.8) is 0 Å². The van der Waals surface area contributed by atoms with E-state index >= 15 is 0 Å². The summed E-state index contributed by atoms with van der Waals surface area (Å²) in [4.78, 5) is 12.6. The lowest BCUT2D eigenvalue weighted by Gasteiger charge is -2.18. The molecule has 1 unspecified atom stereocenters. The number of hydrogen-bond acceptors (Lipinski definition) is 4. The van der Waals surface area contributed by atoms with Gasteiger partial charge in [-0.05, 0) is 55.2 Å². The van der Waals surface area contributed by atoms with Crippen LogP contribution in [0.4, 0.5) is 5.69 Å². The number of benzene rings is 2. The number of amides is 1. The molecule has 0 heterocycles. The highest BCUT2D eigenvalue weighted by Crippen LogP contribution is 2.30. The second kappa shape index (κ2) is 8.61. The van der Waals surface area contributed by atoms with E-state index in [2.05, 4.69) is 19.2 Å². The summed E-state index contributed by atoms with van der Waals surface area (Å²) in [6.07, 6.45) is 0. The molecule has 0 spiro atoms. The molecule has 2 aromatic rings. The number of methoxy groups -OCH3 is 1. The summed E-state index contributed by atoms with van der Waals surface area (Å²) in [7, 11) is 1.61. The molecule has 0 aliphatic rings. The van der Waals surface area contributed by atoms with E-state index in [1.807, 2.05) is 38.1 Å². The Kier molecular flexibility index (Phi) is 6.50. The molecule has 2 rings (SSSR count). The summed E-state index contributed by atoms with van der Waals surface area (Å²) in [5.74, 6) is 1.64. The predicted octanol–water partition coefficient (Wildman–Crippen LogP) is 4.11. The standard InChI is InChI=1S/C21H28N2O3/c1-13(2)12-26-19-9-7-16(10-20(19)25-5)15(4)23-21(24)18-11-17(22)8-6-14(18)3/h6-11,13,15H,12,22H2,1-5H3,(H,23,24). The Hall–Kier alpha value is -2.69. The summed E-state index contributed by atoms with van der Waals surface area (Å²) >= 11 is 0. The van der Waals surface area contributed by atoms with Crippen LogP contribution in [0.2, 0.25) is 0 Å². The third-order valence-corrected chi connectivity index (χ3v) is 4.11. The number of nitrogens with one attached hydrogen (secondary N) is 1. The molecule has 0 saturated heterocycles. The zero-order chi connectivity index (χ0) is 19.3. The molecule has 0 radical (unpaired) electrons. The van der Waals surface area contributed by atoms with Gasteiger partial charge in [0.25, 0.3) is 5.91 Å². The zero-order valence-electron chi connectivity index (χ0n) is 16.1. The van der Waals surface area contributed by atoms with Crippen LogP contribution in [0, 0.1) is 12.8 Å². The molecule has 0 fully saturated rings. The Balaban J connectivity index is 2.14. The number of aryl methyl sites for hydroxylation is 1.